The van der Waals surface area contributed by atoms with Crippen molar-refractivity contribution in [2.45, 2.75) is 0 Å². The Bertz CT molecular complexity index is 480. The Morgan fingerprint density at radius 1 is 1.54 bits per heavy atom. The maximum absolute atomic E-state index is 10.6. The number of hydrogen-bond acceptors (Lipinski definition) is 2. The van der Waals surface area contributed by atoms with Crippen molar-refractivity contribution >= 4 is 44.7 Å². The average Bonchev–Trinajstić information content (AvgIpc) is 2.47. The molecule has 1 N–H and O–H groups in total. The molecule has 13 heavy (non-hydrogen) atoms. The molecule has 0 amide bonds. The van der Waals surface area contributed by atoms with Crippen molar-refractivity contribution in [3.8, 4) is 0 Å². The molecule has 2 aromatic rings. The molecule has 0 aliphatic carbocycles. The first kappa shape index (κ1) is 8.72. The summed E-state index contributed by atoms with van der Waals surface area (Å²) in [5, 5.41) is 7.78. The van der Waals surface area contributed by atoms with E-state index in [9.17, 15) is 4.79 Å². The summed E-state index contributed by atoms with van der Waals surface area (Å²) >= 11 is 9.19. The fourth-order valence-electron chi connectivity index (χ4n) is 1.15. The lowest BCUT2D eigenvalue weighted by Gasteiger charge is -1.93. The van der Waals surface area contributed by atoms with Crippen LogP contribution in [0.5, 0.6) is 0 Å². The van der Waals surface area contributed by atoms with Crippen LogP contribution >= 0.6 is 27.5 Å². The normalized spacial score (nSPS) is 10.6. The molecule has 2 rings (SSSR count). The van der Waals surface area contributed by atoms with Gasteiger partial charge >= 0.3 is 0 Å². The highest BCUT2D eigenvalue weighted by atomic mass is 79.9. The number of rotatable bonds is 1. The summed E-state index contributed by atoms with van der Waals surface area (Å²) in [4.78, 5) is 10.6. The van der Waals surface area contributed by atoms with E-state index in [1.165, 1.54) is 0 Å². The number of aldehydes is 1. The number of H-pyrrole nitrogens is 1. The van der Waals surface area contributed by atoms with Crippen molar-refractivity contribution in [2.24, 2.45) is 0 Å². The van der Waals surface area contributed by atoms with Gasteiger partial charge in [-0.15, -0.1) is 0 Å². The monoisotopic (exact) mass is 258 g/mol. The number of carbonyl (C=O) groups is 1. The molecule has 0 fully saturated rings. The second-order valence-corrected chi connectivity index (χ2v) is 3.86. The third kappa shape index (κ3) is 1.36. The number of fused-ring (bicyclic) bond motifs is 1. The number of nitrogens with zero attached hydrogens (tertiary/aromatic N) is 1. The van der Waals surface area contributed by atoms with Crippen LogP contribution in [0.2, 0.25) is 5.02 Å². The summed E-state index contributed by atoms with van der Waals surface area (Å²) in [7, 11) is 0. The van der Waals surface area contributed by atoms with Gasteiger partial charge in [0.05, 0.1) is 5.02 Å². The summed E-state index contributed by atoms with van der Waals surface area (Å²) in [6, 6.07) is 3.54. The zero-order valence-electron chi connectivity index (χ0n) is 6.34. The lowest BCUT2D eigenvalue weighted by atomic mass is 10.2. The van der Waals surface area contributed by atoms with Crippen molar-refractivity contribution in [3.63, 3.8) is 0 Å². The fraction of sp³-hybridized carbons (Fsp3) is 0. The van der Waals surface area contributed by atoms with Gasteiger partial charge in [-0.3, -0.25) is 9.89 Å². The van der Waals surface area contributed by atoms with Crippen LogP contribution in [0.15, 0.2) is 16.6 Å². The predicted molar refractivity (Wildman–Crippen MR) is 54.2 cm³/mol. The van der Waals surface area contributed by atoms with Gasteiger partial charge in [0.15, 0.2) is 6.29 Å². The molecule has 0 aliphatic heterocycles. The van der Waals surface area contributed by atoms with Crippen LogP contribution in [0, 0.1) is 0 Å². The first-order valence-corrected chi connectivity index (χ1v) is 4.68. The quantitative estimate of drug-likeness (QED) is 0.801. The van der Waals surface area contributed by atoms with E-state index in [1.54, 1.807) is 12.1 Å². The first-order valence-electron chi connectivity index (χ1n) is 3.50. The summed E-state index contributed by atoms with van der Waals surface area (Å²) in [5.74, 6) is 0. The number of carbonyl (C=O) groups excluding carboxylic acids is 1. The minimum absolute atomic E-state index is 0.443. The van der Waals surface area contributed by atoms with Gasteiger partial charge in [-0.05, 0) is 12.1 Å². The first-order chi connectivity index (χ1) is 6.22. The smallest absolute Gasteiger partial charge is 0.168 e. The molecule has 5 heteroatoms. The van der Waals surface area contributed by atoms with Gasteiger partial charge in [0, 0.05) is 9.86 Å². The Hall–Kier alpha value is -0.870. The van der Waals surface area contributed by atoms with Gasteiger partial charge in [0.2, 0.25) is 0 Å². The van der Waals surface area contributed by atoms with Crippen LogP contribution in [0.1, 0.15) is 10.5 Å². The molecule has 1 aromatic heterocycles. The zero-order chi connectivity index (χ0) is 9.42. The maximum Gasteiger partial charge on any atom is 0.168 e. The largest absolute Gasteiger partial charge is 0.296 e. The lowest BCUT2D eigenvalue weighted by molar-refractivity contribution is 0.112. The SMILES string of the molecule is O=Cc1[nH]nc2c(Cl)cc(Br)cc12. The van der Waals surface area contributed by atoms with E-state index in [1.807, 2.05) is 0 Å². The molecule has 0 saturated heterocycles. The molecule has 0 aliphatic rings. The molecule has 66 valence electrons. The van der Waals surface area contributed by atoms with E-state index in [0.29, 0.717) is 16.2 Å². The number of aromatic amines is 1. The molecule has 0 atom stereocenters. The molecule has 1 heterocycles. The molecule has 0 saturated carbocycles. The third-order valence-corrected chi connectivity index (χ3v) is 2.47. The highest BCUT2D eigenvalue weighted by Crippen LogP contribution is 2.27. The summed E-state index contributed by atoms with van der Waals surface area (Å²) in [6.45, 7) is 0. The maximum atomic E-state index is 10.6. The van der Waals surface area contributed by atoms with Gasteiger partial charge < -0.3 is 0 Å². The van der Waals surface area contributed by atoms with Crippen LogP contribution in [-0.2, 0) is 0 Å². The van der Waals surface area contributed by atoms with E-state index < -0.39 is 0 Å². The lowest BCUT2D eigenvalue weighted by Crippen LogP contribution is -1.78. The number of benzene rings is 1. The Labute approximate surface area is 87.2 Å². The van der Waals surface area contributed by atoms with E-state index in [2.05, 4.69) is 26.1 Å². The van der Waals surface area contributed by atoms with Crippen LogP contribution in [0.3, 0.4) is 0 Å². The van der Waals surface area contributed by atoms with Gasteiger partial charge in [0.1, 0.15) is 11.2 Å². The highest BCUT2D eigenvalue weighted by molar-refractivity contribution is 9.10. The molecule has 3 nitrogen and oxygen atoms in total. The average molecular weight is 259 g/mol. The molecular formula is C8H4BrClN2O. The van der Waals surface area contributed by atoms with Crippen molar-refractivity contribution in [3.05, 3.63) is 27.3 Å². The van der Waals surface area contributed by atoms with Gasteiger partial charge in [0.25, 0.3) is 0 Å². The van der Waals surface area contributed by atoms with E-state index in [0.717, 1.165) is 16.1 Å². The summed E-state index contributed by atoms with van der Waals surface area (Å²) < 4.78 is 0.828. The van der Waals surface area contributed by atoms with Crippen LogP contribution in [0.4, 0.5) is 0 Å². The summed E-state index contributed by atoms with van der Waals surface area (Å²) in [5.41, 5.74) is 1.06. The minimum atomic E-state index is 0.443. The third-order valence-electron chi connectivity index (χ3n) is 1.72. The number of aromatic nitrogens is 2. The van der Waals surface area contributed by atoms with Crippen molar-refractivity contribution < 1.29 is 4.79 Å². The number of halogens is 2. The minimum Gasteiger partial charge on any atom is -0.296 e. The van der Waals surface area contributed by atoms with Gasteiger partial charge in [-0.25, -0.2) is 0 Å². The number of nitrogens with one attached hydrogen (secondary N) is 1. The van der Waals surface area contributed by atoms with E-state index >= 15 is 0 Å². The van der Waals surface area contributed by atoms with E-state index in [-0.39, 0.29) is 0 Å². The van der Waals surface area contributed by atoms with Gasteiger partial charge in [-0.2, -0.15) is 5.10 Å². The molecular weight excluding hydrogens is 255 g/mol. The Morgan fingerprint density at radius 3 is 3.00 bits per heavy atom. The Kier molecular flexibility index (Phi) is 2.09. The molecule has 0 spiro atoms. The fourth-order valence-corrected chi connectivity index (χ4v) is 2.00. The highest BCUT2D eigenvalue weighted by Gasteiger charge is 2.08. The van der Waals surface area contributed by atoms with Crippen molar-refractivity contribution in [2.75, 3.05) is 0 Å². The molecule has 0 radical (unpaired) electrons. The standard InChI is InChI=1S/C8H4BrClN2O/c9-4-1-5-7(3-13)11-12-8(5)6(10)2-4/h1-3H,(H,11,12). The van der Waals surface area contributed by atoms with Crippen molar-refractivity contribution in [1.29, 1.82) is 0 Å². The Balaban J connectivity index is 2.89. The second kappa shape index (κ2) is 3.12. The van der Waals surface area contributed by atoms with Crippen LogP contribution < -0.4 is 0 Å². The number of hydrogen-bond donors (Lipinski definition) is 1. The molecule has 0 unspecified atom stereocenters. The van der Waals surface area contributed by atoms with E-state index in [4.69, 9.17) is 11.6 Å². The van der Waals surface area contributed by atoms with Gasteiger partial charge in [-0.1, -0.05) is 27.5 Å². The van der Waals surface area contributed by atoms with Crippen LogP contribution in [-0.4, -0.2) is 16.5 Å². The zero-order valence-corrected chi connectivity index (χ0v) is 8.69. The van der Waals surface area contributed by atoms with Crippen molar-refractivity contribution in [1.82, 2.24) is 10.2 Å². The molecule has 0 bridgehead atoms. The second-order valence-electron chi connectivity index (χ2n) is 2.54. The van der Waals surface area contributed by atoms with Crippen LogP contribution in [0.25, 0.3) is 10.9 Å². The molecule has 1 aromatic carbocycles. The topological polar surface area (TPSA) is 45.8 Å². The predicted octanol–water partition coefficient (Wildman–Crippen LogP) is 2.79. The Morgan fingerprint density at radius 2 is 2.31 bits per heavy atom. The summed E-state index contributed by atoms with van der Waals surface area (Å²) in [6.07, 6.45) is 0.720.